The van der Waals surface area contributed by atoms with Gasteiger partial charge < -0.3 is 5.32 Å². The summed E-state index contributed by atoms with van der Waals surface area (Å²) in [6.45, 7) is 1.75. The molecule has 1 aromatic carbocycles. The second kappa shape index (κ2) is 5.51. The smallest absolute Gasteiger partial charge is 0.257 e. The average Bonchev–Trinajstić information content (AvgIpc) is 2.39. The topological polar surface area (TPSA) is 65.8 Å². The summed E-state index contributed by atoms with van der Waals surface area (Å²) in [5.74, 6) is -0.315. The van der Waals surface area contributed by atoms with Crippen LogP contribution in [0.25, 0.3) is 0 Å². The Morgan fingerprint density at radius 2 is 2.21 bits per heavy atom. The number of nitriles is 1. The molecule has 2 aromatic rings. The second-order valence-electron chi connectivity index (χ2n) is 3.89. The van der Waals surface area contributed by atoms with E-state index in [2.05, 4.69) is 10.3 Å². The van der Waals surface area contributed by atoms with Gasteiger partial charge in [0.1, 0.15) is 6.07 Å². The Balaban J connectivity index is 2.32. The van der Waals surface area contributed by atoms with Crippen LogP contribution in [-0.4, -0.2) is 10.9 Å². The molecule has 2 rings (SSSR count). The molecule has 5 heteroatoms. The molecular weight excluding hydrogens is 262 g/mol. The Bertz CT molecular complexity index is 677. The van der Waals surface area contributed by atoms with Gasteiger partial charge in [-0.25, -0.2) is 0 Å². The first-order valence-electron chi connectivity index (χ1n) is 5.54. The molecule has 0 fully saturated rings. The molecule has 0 atom stereocenters. The molecule has 1 N–H and O–H groups in total. The van der Waals surface area contributed by atoms with Crippen molar-refractivity contribution in [3.05, 3.63) is 58.4 Å². The summed E-state index contributed by atoms with van der Waals surface area (Å²) in [5, 5.41) is 12.1. The summed E-state index contributed by atoms with van der Waals surface area (Å²) < 4.78 is 0. The summed E-state index contributed by atoms with van der Waals surface area (Å²) in [5.41, 5.74) is 1.84. The van der Waals surface area contributed by atoms with Gasteiger partial charge in [-0.2, -0.15) is 5.26 Å². The Labute approximate surface area is 115 Å². The molecule has 4 nitrogen and oxygen atoms in total. The van der Waals surface area contributed by atoms with Crippen LogP contribution in [0, 0.1) is 18.3 Å². The van der Waals surface area contributed by atoms with Crippen LogP contribution in [0.1, 0.15) is 21.6 Å². The Hall–Kier alpha value is -2.38. The number of halogens is 1. The number of nitrogens with one attached hydrogen (secondary N) is 1. The average molecular weight is 272 g/mol. The van der Waals surface area contributed by atoms with E-state index in [-0.39, 0.29) is 5.91 Å². The molecule has 1 amide bonds. The number of carbonyl (C=O) groups excluding carboxylic acids is 1. The lowest BCUT2D eigenvalue weighted by Crippen LogP contribution is -2.14. The highest BCUT2D eigenvalue weighted by atomic mass is 35.5. The number of benzene rings is 1. The van der Waals surface area contributed by atoms with Gasteiger partial charge in [0.2, 0.25) is 0 Å². The highest BCUT2D eigenvalue weighted by Crippen LogP contribution is 2.21. The number of nitrogens with zero attached hydrogens (tertiary/aromatic N) is 2. The maximum atomic E-state index is 12.1. The molecule has 0 aliphatic carbocycles. The second-order valence-corrected chi connectivity index (χ2v) is 4.33. The molecule has 0 bridgehead atoms. The normalized spacial score (nSPS) is 9.74. The molecule has 0 spiro atoms. The first kappa shape index (κ1) is 13.1. The standard InChI is InChI=1S/C14H10ClN3O/c1-9-12(3-2-6-17-9)14(19)18-13-7-11(15)5-4-10(13)8-16/h2-7H,1H3,(H,18,19). The van der Waals surface area contributed by atoms with Gasteiger partial charge in [0.15, 0.2) is 0 Å². The fourth-order valence-electron chi connectivity index (χ4n) is 1.63. The van der Waals surface area contributed by atoms with Crippen molar-refractivity contribution in [1.82, 2.24) is 4.98 Å². The lowest BCUT2D eigenvalue weighted by molar-refractivity contribution is 0.102. The minimum atomic E-state index is -0.315. The zero-order valence-electron chi connectivity index (χ0n) is 10.1. The third-order valence-electron chi connectivity index (χ3n) is 2.60. The predicted molar refractivity (Wildman–Crippen MR) is 73.1 cm³/mol. The van der Waals surface area contributed by atoms with E-state index >= 15 is 0 Å². The highest BCUT2D eigenvalue weighted by molar-refractivity contribution is 6.31. The SMILES string of the molecule is Cc1ncccc1C(=O)Nc1cc(Cl)ccc1C#N. The fraction of sp³-hybridized carbons (Fsp3) is 0.0714. The summed E-state index contributed by atoms with van der Waals surface area (Å²) >= 11 is 5.86. The van der Waals surface area contributed by atoms with Gasteiger partial charge in [-0.3, -0.25) is 9.78 Å². The number of carbonyl (C=O) groups is 1. The number of amides is 1. The molecule has 1 heterocycles. The van der Waals surface area contributed by atoms with Crippen molar-refractivity contribution in [1.29, 1.82) is 5.26 Å². The molecule has 1 aromatic heterocycles. The van der Waals surface area contributed by atoms with Crippen LogP contribution in [-0.2, 0) is 0 Å². The van der Waals surface area contributed by atoms with Gasteiger partial charge in [0, 0.05) is 16.9 Å². The van der Waals surface area contributed by atoms with Crippen LogP contribution in [0.4, 0.5) is 5.69 Å². The summed E-state index contributed by atoms with van der Waals surface area (Å²) in [6, 6.07) is 10.1. The van der Waals surface area contributed by atoms with Crippen LogP contribution in [0.5, 0.6) is 0 Å². The Morgan fingerprint density at radius 1 is 1.42 bits per heavy atom. The predicted octanol–water partition coefficient (Wildman–Crippen LogP) is 3.17. The lowest BCUT2D eigenvalue weighted by atomic mass is 10.1. The molecule has 0 unspecified atom stereocenters. The number of pyridine rings is 1. The van der Waals surface area contributed by atoms with Crippen LogP contribution in [0.3, 0.4) is 0 Å². The van der Waals surface area contributed by atoms with E-state index in [0.717, 1.165) is 0 Å². The van der Waals surface area contributed by atoms with Crippen LogP contribution < -0.4 is 5.32 Å². The van der Waals surface area contributed by atoms with Gasteiger partial charge in [0.05, 0.1) is 16.8 Å². The van der Waals surface area contributed by atoms with Gasteiger partial charge in [-0.05, 0) is 37.3 Å². The van der Waals surface area contributed by atoms with Gasteiger partial charge in [-0.1, -0.05) is 11.6 Å². The largest absolute Gasteiger partial charge is 0.321 e. The maximum absolute atomic E-state index is 12.1. The molecule has 19 heavy (non-hydrogen) atoms. The number of hydrogen-bond donors (Lipinski definition) is 1. The van der Waals surface area contributed by atoms with Crippen molar-refractivity contribution < 1.29 is 4.79 Å². The van der Waals surface area contributed by atoms with Crippen molar-refractivity contribution in [2.45, 2.75) is 6.92 Å². The van der Waals surface area contributed by atoms with Crippen LogP contribution in [0.15, 0.2) is 36.5 Å². The minimum absolute atomic E-state index is 0.315. The lowest BCUT2D eigenvalue weighted by Gasteiger charge is -2.08. The third-order valence-corrected chi connectivity index (χ3v) is 2.84. The van der Waals surface area contributed by atoms with Crippen molar-refractivity contribution >= 4 is 23.2 Å². The molecule has 0 aliphatic heterocycles. The number of rotatable bonds is 2. The van der Waals surface area contributed by atoms with Gasteiger partial charge in [-0.15, -0.1) is 0 Å². The minimum Gasteiger partial charge on any atom is -0.321 e. The molecule has 0 radical (unpaired) electrons. The van der Waals surface area contributed by atoms with Crippen molar-refractivity contribution in [2.75, 3.05) is 5.32 Å². The quantitative estimate of drug-likeness (QED) is 0.912. The summed E-state index contributed by atoms with van der Waals surface area (Å²) in [6.07, 6.45) is 1.62. The highest BCUT2D eigenvalue weighted by Gasteiger charge is 2.12. The number of aromatic nitrogens is 1. The number of anilines is 1. The summed E-state index contributed by atoms with van der Waals surface area (Å²) in [7, 11) is 0. The zero-order valence-corrected chi connectivity index (χ0v) is 10.9. The summed E-state index contributed by atoms with van der Waals surface area (Å²) in [4.78, 5) is 16.2. The number of aryl methyl sites for hydroxylation is 1. The molecule has 0 saturated heterocycles. The monoisotopic (exact) mass is 271 g/mol. The Kier molecular flexibility index (Phi) is 3.79. The number of hydrogen-bond acceptors (Lipinski definition) is 3. The fourth-order valence-corrected chi connectivity index (χ4v) is 1.80. The van der Waals surface area contributed by atoms with E-state index < -0.39 is 0 Å². The first-order chi connectivity index (χ1) is 9.11. The van der Waals surface area contributed by atoms with E-state index in [1.165, 1.54) is 0 Å². The third kappa shape index (κ3) is 2.90. The molecule has 0 aliphatic rings. The van der Waals surface area contributed by atoms with Crippen molar-refractivity contribution in [2.24, 2.45) is 0 Å². The van der Waals surface area contributed by atoms with Gasteiger partial charge in [0.25, 0.3) is 5.91 Å². The first-order valence-corrected chi connectivity index (χ1v) is 5.92. The van der Waals surface area contributed by atoms with Crippen molar-refractivity contribution in [3.63, 3.8) is 0 Å². The van der Waals surface area contributed by atoms with E-state index in [1.54, 1.807) is 43.5 Å². The van der Waals surface area contributed by atoms with E-state index in [0.29, 0.717) is 27.5 Å². The van der Waals surface area contributed by atoms with E-state index in [4.69, 9.17) is 16.9 Å². The van der Waals surface area contributed by atoms with Crippen molar-refractivity contribution in [3.8, 4) is 6.07 Å². The molecule has 94 valence electrons. The molecule has 0 saturated carbocycles. The zero-order chi connectivity index (χ0) is 13.8. The Morgan fingerprint density at radius 3 is 2.89 bits per heavy atom. The van der Waals surface area contributed by atoms with Crippen LogP contribution >= 0.6 is 11.6 Å². The maximum Gasteiger partial charge on any atom is 0.257 e. The van der Waals surface area contributed by atoms with E-state index in [9.17, 15) is 4.79 Å². The van der Waals surface area contributed by atoms with E-state index in [1.807, 2.05) is 6.07 Å². The van der Waals surface area contributed by atoms with Gasteiger partial charge >= 0.3 is 0 Å². The molecular formula is C14H10ClN3O. The van der Waals surface area contributed by atoms with Crippen LogP contribution in [0.2, 0.25) is 5.02 Å².